The maximum Gasteiger partial charge on any atom is 0.113 e. The van der Waals surface area contributed by atoms with Crippen molar-refractivity contribution in [3.63, 3.8) is 0 Å². The molecule has 0 bridgehead atoms. The van der Waals surface area contributed by atoms with Crippen molar-refractivity contribution >= 4 is 11.6 Å². The number of aliphatic hydroxyl groups is 4. The Hall–Kier alpha value is -1.47. The minimum absolute atomic E-state index is 0.448. The zero-order chi connectivity index (χ0) is 23.2. The van der Waals surface area contributed by atoms with Crippen molar-refractivity contribution in [3.05, 3.63) is 69.7 Å². The van der Waals surface area contributed by atoms with Crippen molar-refractivity contribution in [2.45, 2.75) is 81.4 Å². The maximum absolute atomic E-state index is 10.5. The van der Waals surface area contributed by atoms with Crippen LogP contribution in [0.15, 0.2) is 42.5 Å². The van der Waals surface area contributed by atoms with Gasteiger partial charge in [-0.05, 0) is 71.8 Å². The summed E-state index contributed by atoms with van der Waals surface area (Å²) in [5.74, 6) is 0.690. The van der Waals surface area contributed by atoms with E-state index in [9.17, 15) is 20.4 Å². The topological polar surface area (TPSA) is 90.2 Å². The second kappa shape index (κ2) is 9.29. The lowest BCUT2D eigenvalue weighted by Gasteiger charge is -2.46. The Morgan fingerprint density at radius 2 is 1.55 bits per heavy atom. The standard InChI is InChI=1S/C27H33ClO5/c28-21-8-7-18(26-25(32)24(31)23(30)22(15-29)33-26)12-19(21)11-16-3-5-17(6-4-16)20-13-27(14-20)9-1-2-10-27/h3-8,12,20,22-26,29-32H,1-2,9-11,13-15H2/t22?,23-,24+,25-,26?/m1/s1. The highest BCUT2D eigenvalue weighted by atomic mass is 35.5. The number of hydrogen-bond donors (Lipinski definition) is 4. The summed E-state index contributed by atoms with van der Waals surface area (Å²) in [6.07, 6.45) is 3.04. The molecule has 1 saturated heterocycles. The summed E-state index contributed by atoms with van der Waals surface area (Å²) in [6, 6.07) is 14.2. The summed E-state index contributed by atoms with van der Waals surface area (Å²) in [4.78, 5) is 0. The van der Waals surface area contributed by atoms with Crippen LogP contribution in [0.4, 0.5) is 0 Å². The van der Waals surface area contributed by atoms with E-state index in [1.165, 1.54) is 44.1 Å². The maximum atomic E-state index is 10.5. The molecule has 0 amide bonds. The summed E-state index contributed by atoms with van der Waals surface area (Å²) < 4.78 is 5.71. The number of ether oxygens (including phenoxy) is 1. The number of benzene rings is 2. The van der Waals surface area contributed by atoms with Gasteiger partial charge in [-0.15, -0.1) is 0 Å². The molecule has 5 rings (SSSR count). The Morgan fingerprint density at radius 3 is 2.21 bits per heavy atom. The average molecular weight is 473 g/mol. The molecule has 2 aromatic rings. The molecule has 0 aromatic heterocycles. The van der Waals surface area contributed by atoms with E-state index in [1.807, 2.05) is 6.07 Å². The first kappa shape index (κ1) is 23.3. The molecule has 33 heavy (non-hydrogen) atoms. The van der Waals surface area contributed by atoms with E-state index in [0.717, 1.165) is 11.1 Å². The molecular formula is C27H33ClO5. The Kier molecular flexibility index (Phi) is 6.55. The largest absolute Gasteiger partial charge is 0.394 e. The van der Waals surface area contributed by atoms with Crippen molar-refractivity contribution < 1.29 is 25.2 Å². The minimum atomic E-state index is -1.40. The van der Waals surface area contributed by atoms with E-state index < -0.39 is 37.1 Å². The van der Waals surface area contributed by atoms with Crippen molar-refractivity contribution in [2.75, 3.05) is 6.61 Å². The summed E-state index contributed by atoms with van der Waals surface area (Å²) in [7, 11) is 0. The highest BCUT2D eigenvalue weighted by molar-refractivity contribution is 6.31. The first-order valence-electron chi connectivity index (χ1n) is 12.1. The smallest absolute Gasteiger partial charge is 0.113 e. The quantitative estimate of drug-likeness (QED) is 0.530. The molecule has 1 aliphatic heterocycles. The molecule has 3 aliphatic rings. The third-order valence-corrected chi connectivity index (χ3v) is 8.53. The van der Waals surface area contributed by atoms with Gasteiger partial charge in [-0.3, -0.25) is 0 Å². The Labute approximate surface area is 200 Å². The van der Waals surface area contributed by atoms with E-state index >= 15 is 0 Å². The van der Waals surface area contributed by atoms with Crippen LogP contribution in [0.3, 0.4) is 0 Å². The fraction of sp³-hybridized carbons (Fsp3) is 0.556. The highest BCUT2D eigenvalue weighted by Crippen LogP contribution is 2.59. The van der Waals surface area contributed by atoms with Gasteiger partial charge in [0.2, 0.25) is 0 Å². The van der Waals surface area contributed by atoms with Crippen LogP contribution in [0.1, 0.15) is 72.8 Å². The third-order valence-electron chi connectivity index (χ3n) is 8.16. The average Bonchev–Trinajstić information content (AvgIpc) is 3.30. The lowest BCUT2D eigenvalue weighted by molar-refractivity contribution is -0.231. The second-order valence-electron chi connectivity index (χ2n) is 10.3. The molecule has 178 valence electrons. The molecule has 1 spiro atoms. The number of aliphatic hydroxyl groups excluding tert-OH is 4. The Morgan fingerprint density at radius 1 is 0.879 bits per heavy atom. The lowest BCUT2D eigenvalue weighted by atomic mass is 9.59. The number of halogens is 1. The first-order valence-corrected chi connectivity index (χ1v) is 12.4. The molecule has 0 radical (unpaired) electrons. The van der Waals surface area contributed by atoms with E-state index in [0.29, 0.717) is 28.3 Å². The van der Waals surface area contributed by atoms with Gasteiger partial charge < -0.3 is 25.2 Å². The van der Waals surface area contributed by atoms with Gasteiger partial charge in [-0.1, -0.05) is 60.8 Å². The second-order valence-corrected chi connectivity index (χ2v) is 10.7. The summed E-state index contributed by atoms with van der Waals surface area (Å²) in [6.45, 7) is -0.448. The molecule has 2 aliphatic carbocycles. The van der Waals surface area contributed by atoms with Crippen LogP contribution in [0.25, 0.3) is 0 Å². The van der Waals surface area contributed by atoms with E-state index in [1.54, 1.807) is 12.1 Å². The van der Waals surface area contributed by atoms with Crippen LogP contribution in [-0.4, -0.2) is 51.4 Å². The first-order chi connectivity index (χ1) is 15.9. The molecular weight excluding hydrogens is 440 g/mol. The molecule has 5 nitrogen and oxygen atoms in total. The van der Waals surface area contributed by atoms with Crippen LogP contribution in [0.2, 0.25) is 5.02 Å². The van der Waals surface area contributed by atoms with E-state index in [-0.39, 0.29) is 0 Å². The molecule has 3 fully saturated rings. The number of hydrogen-bond acceptors (Lipinski definition) is 5. The van der Waals surface area contributed by atoms with Gasteiger partial charge in [0, 0.05) is 5.02 Å². The third kappa shape index (κ3) is 4.47. The zero-order valence-corrected chi connectivity index (χ0v) is 19.5. The van der Waals surface area contributed by atoms with Gasteiger partial charge in [-0.25, -0.2) is 0 Å². The zero-order valence-electron chi connectivity index (χ0n) is 18.7. The molecule has 2 aromatic carbocycles. The van der Waals surface area contributed by atoms with Gasteiger partial charge in [0.05, 0.1) is 6.61 Å². The van der Waals surface area contributed by atoms with Gasteiger partial charge in [-0.2, -0.15) is 0 Å². The summed E-state index contributed by atoms with van der Waals surface area (Å²) in [5, 5.41) is 40.7. The molecule has 2 unspecified atom stereocenters. The van der Waals surface area contributed by atoms with Crippen molar-refractivity contribution in [3.8, 4) is 0 Å². The normalized spacial score (nSPS) is 31.6. The van der Waals surface area contributed by atoms with Crippen LogP contribution in [0, 0.1) is 5.41 Å². The molecule has 6 heteroatoms. The fourth-order valence-electron chi connectivity index (χ4n) is 6.17. The van der Waals surface area contributed by atoms with Gasteiger partial charge in [0.25, 0.3) is 0 Å². The molecule has 5 atom stereocenters. The van der Waals surface area contributed by atoms with Crippen LogP contribution in [-0.2, 0) is 11.2 Å². The fourth-order valence-corrected chi connectivity index (χ4v) is 6.35. The van der Waals surface area contributed by atoms with E-state index in [4.69, 9.17) is 16.3 Å². The Balaban J connectivity index is 1.29. The van der Waals surface area contributed by atoms with Crippen LogP contribution in [0.5, 0.6) is 0 Å². The van der Waals surface area contributed by atoms with Crippen molar-refractivity contribution in [2.24, 2.45) is 5.41 Å². The highest BCUT2D eigenvalue weighted by Gasteiger charge is 2.46. The molecule has 4 N–H and O–H groups in total. The van der Waals surface area contributed by atoms with Gasteiger partial charge in [0.1, 0.15) is 30.5 Å². The predicted molar refractivity (Wildman–Crippen MR) is 126 cm³/mol. The van der Waals surface area contributed by atoms with Crippen LogP contribution >= 0.6 is 11.6 Å². The molecule has 1 heterocycles. The molecule has 2 saturated carbocycles. The van der Waals surface area contributed by atoms with Crippen molar-refractivity contribution in [1.82, 2.24) is 0 Å². The summed E-state index contributed by atoms with van der Waals surface area (Å²) >= 11 is 6.48. The van der Waals surface area contributed by atoms with E-state index in [2.05, 4.69) is 24.3 Å². The number of rotatable bonds is 5. The Bertz CT molecular complexity index is 961. The van der Waals surface area contributed by atoms with Crippen LogP contribution < -0.4 is 0 Å². The summed E-state index contributed by atoms with van der Waals surface area (Å²) in [5.41, 5.74) is 4.77. The minimum Gasteiger partial charge on any atom is -0.394 e. The predicted octanol–water partition coefficient (Wildman–Crippen LogP) is 3.88. The lowest BCUT2D eigenvalue weighted by Crippen LogP contribution is -2.55. The SMILES string of the molecule is OCC1OC(c2ccc(Cl)c(Cc3ccc(C4CC5(CCCC5)C4)cc3)c2)[C@H](O)[C@@H](O)[C@@H]1O. The van der Waals surface area contributed by atoms with Gasteiger partial charge >= 0.3 is 0 Å². The van der Waals surface area contributed by atoms with Crippen molar-refractivity contribution in [1.29, 1.82) is 0 Å². The van der Waals surface area contributed by atoms with Gasteiger partial charge in [0.15, 0.2) is 0 Å². The monoisotopic (exact) mass is 472 g/mol.